The fraction of sp³-hybridized carbons (Fsp3) is 0.812. The van der Waals surface area contributed by atoms with Gasteiger partial charge in [-0.1, -0.05) is 18.6 Å². The second-order valence-corrected chi connectivity index (χ2v) is 6.55. The molecule has 1 amide bonds. The minimum atomic E-state index is -0.262. The average Bonchev–Trinajstić information content (AvgIpc) is 3.02. The van der Waals surface area contributed by atoms with Gasteiger partial charge < -0.3 is 10.1 Å². The van der Waals surface area contributed by atoms with Gasteiger partial charge in [-0.2, -0.15) is 0 Å². The molecule has 3 rings (SSSR count). The predicted octanol–water partition coefficient (Wildman–Crippen LogP) is 2.08. The van der Waals surface area contributed by atoms with Gasteiger partial charge in [-0.15, -0.1) is 5.10 Å². The van der Waals surface area contributed by atoms with Gasteiger partial charge in [0, 0.05) is 13.6 Å². The lowest BCUT2D eigenvalue weighted by Crippen LogP contribution is -2.26. The summed E-state index contributed by atoms with van der Waals surface area (Å²) >= 11 is 0. The average molecular weight is 306 g/mol. The van der Waals surface area contributed by atoms with Gasteiger partial charge in [0.1, 0.15) is 0 Å². The first kappa shape index (κ1) is 15.3. The van der Waals surface area contributed by atoms with Crippen molar-refractivity contribution in [3.05, 3.63) is 11.4 Å². The number of carbonyl (C=O) groups is 1. The van der Waals surface area contributed by atoms with Gasteiger partial charge in [0.15, 0.2) is 0 Å². The van der Waals surface area contributed by atoms with Crippen molar-refractivity contribution < 1.29 is 9.53 Å². The molecule has 1 saturated carbocycles. The molecule has 0 spiro atoms. The first-order valence-corrected chi connectivity index (χ1v) is 8.48. The molecule has 3 atom stereocenters. The Hall–Kier alpha value is -1.59. The molecule has 1 N–H and O–H groups in total. The molecule has 122 valence electrons. The number of alkyl carbamates (subject to hydrolysis) is 1. The van der Waals surface area contributed by atoms with E-state index in [2.05, 4.69) is 22.6 Å². The second-order valence-electron chi connectivity index (χ2n) is 6.55. The summed E-state index contributed by atoms with van der Waals surface area (Å²) in [6.45, 7) is 3.38. The zero-order valence-electron chi connectivity index (χ0n) is 13.5. The van der Waals surface area contributed by atoms with Crippen LogP contribution in [0, 0.1) is 17.8 Å². The van der Waals surface area contributed by atoms with Crippen LogP contribution in [0.25, 0.3) is 0 Å². The number of aromatic nitrogens is 3. The first-order valence-electron chi connectivity index (χ1n) is 8.48. The maximum Gasteiger partial charge on any atom is 0.407 e. The number of rotatable bonds is 5. The zero-order valence-corrected chi connectivity index (χ0v) is 13.5. The van der Waals surface area contributed by atoms with Crippen LogP contribution in [0.15, 0.2) is 0 Å². The van der Waals surface area contributed by atoms with Gasteiger partial charge in [-0.25, -0.2) is 4.79 Å². The van der Waals surface area contributed by atoms with Crippen LogP contribution in [0.2, 0.25) is 0 Å². The summed E-state index contributed by atoms with van der Waals surface area (Å²) in [5.74, 6) is 1.93. The normalized spacial score (nSPS) is 26.4. The lowest BCUT2D eigenvalue weighted by atomic mass is 10.0. The van der Waals surface area contributed by atoms with Crippen LogP contribution in [0.1, 0.15) is 44.0 Å². The molecule has 0 radical (unpaired) electrons. The Balaban J connectivity index is 1.44. The molecule has 2 aliphatic carbocycles. The highest BCUT2D eigenvalue weighted by Gasteiger charge is 2.50. The molecule has 0 aliphatic heterocycles. The fourth-order valence-electron chi connectivity index (χ4n) is 3.74. The maximum atomic E-state index is 11.6. The Morgan fingerprint density at radius 2 is 2.14 bits per heavy atom. The largest absolute Gasteiger partial charge is 0.449 e. The van der Waals surface area contributed by atoms with E-state index in [1.807, 2.05) is 11.7 Å². The Morgan fingerprint density at radius 3 is 2.91 bits per heavy atom. The number of fused-ring (bicyclic) bond motifs is 2. The van der Waals surface area contributed by atoms with Gasteiger partial charge in [-0.3, -0.25) is 4.68 Å². The number of ether oxygens (including phenoxy) is 1. The topological polar surface area (TPSA) is 69.0 Å². The van der Waals surface area contributed by atoms with E-state index in [-0.39, 0.29) is 6.09 Å². The SMILES string of the molecule is CCCCNC(=O)OCC1C2CCc3nnn(C)c3CCC21. The first-order chi connectivity index (χ1) is 10.7. The number of unbranched alkanes of at least 4 members (excludes halogenated alkanes) is 1. The summed E-state index contributed by atoms with van der Waals surface area (Å²) in [4.78, 5) is 11.6. The van der Waals surface area contributed by atoms with Crippen molar-refractivity contribution in [3.8, 4) is 0 Å². The Bertz CT molecular complexity index is 528. The number of hydrogen-bond acceptors (Lipinski definition) is 4. The van der Waals surface area contributed by atoms with Crippen molar-refractivity contribution in [2.45, 2.75) is 45.4 Å². The molecule has 3 unspecified atom stereocenters. The zero-order chi connectivity index (χ0) is 15.5. The molecular formula is C16H26N4O2. The minimum Gasteiger partial charge on any atom is -0.449 e. The van der Waals surface area contributed by atoms with Crippen LogP contribution in [0.4, 0.5) is 4.79 Å². The van der Waals surface area contributed by atoms with E-state index >= 15 is 0 Å². The van der Waals surface area contributed by atoms with E-state index in [0.29, 0.717) is 30.9 Å². The third kappa shape index (κ3) is 3.25. The Kier molecular flexibility index (Phi) is 4.64. The minimum absolute atomic E-state index is 0.262. The van der Waals surface area contributed by atoms with Gasteiger partial charge in [0.2, 0.25) is 0 Å². The number of carbonyl (C=O) groups excluding carboxylic acids is 1. The van der Waals surface area contributed by atoms with Gasteiger partial charge in [0.05, 0.1) is 18.0 Å². The number of nitrogens with zero attached hydrogens (tertiary/aromatic N) is 3. The molecule has 0 aromatic carbocycles. The Morgan fingerprint density at radius 1 is 1.36 bits per heavy atom. The molecular weight excluding hydrogens is 280 g/mol. The van der Waals surface area contributed by atoms with Crippen molar-refractivity contribution in [2.75, 3.05) is 13.2 Å². The lowest BCUT2D eigenvalue weighted by Gasteiger charge is -2.07. The molecule has 1 heterocycles. The summed E-state index contributed by atoms with van der Waals surface area (Å²) in [5, 5.41) is 11.2. The molecule has 6 heteroatoms. The third-order valence-electron chi connectivity index (χ3n) is 5.17. The Labute approximate surface area is 131 Å². The van der Waals surface area contributed by atoms with E-state index in [1.165, 1.54) is 5.69 Å². The highest BCUT2D eigenvalue weighted by Crippen LogP contribution is 2.52. The molecule has 1 aromatic heterocycles. The van der Waals surface area contributed by atoms with Crippen molar-refractivity contribution in [3.63, 3.8) is 0 Å². The van der Waals surface area contributed by atoms with E-state index in [4.69, 9.17) is 4.74 Å². The van der Waals surface area contributed by atoms with Crippen LogP contribution in [0.5, 0.6) is 0 Å². The molecule has 6 nitrogen and oxygen atoms in total. The summed E-state index contributed by atoms with van der Waals surface area (Å²) in [6.07, 6.45) is 6.16. The van der Waals surface area contributed by atoms with Crippen LogP contribution >= 0.6 is 0 Å². The van der Waals surface area contributed by atoms with E-state index in [1.54, 1.807) is 0 Å². The highest BCUT2D eigenvalue weighted by molar-refractivity contribution is 5.67. The van der Waals surface area contributed by atoms with Gasteiger partial charge in [0.25, 0.3) is 0 Å². The summed E-state index contributed by atoms with van der Waals surface area (Å²) in [7, 11) is 1.97. The lowest BCUT2D eigenvalue weighted by molar-refractivity contribution is 0.137. The van der Waals surface area contributed by atoms with Crippen molar-refractivity contribution in [1.29, 1.82) is 0 Å². The number of hydrogen-bond donors (Lipinski definition) is 1. The van der Waals surface area contributed by atoms with E-state index in [0.717, 1.165) is 44.2 Å². The monoisotopic (exact) mass is 306 g/mol. The fourth-order valence-corrected chi connectivity index (χ4v) is 3.74. The van der Waals surface area contributed by atoms with Crippen LogP contribution in [-0.2, 0) is 24.6 Å². The quantitative estimate of drug-likeness (QED) is 0.846. The van der Waals surface area contributed by atoms with E-state index in [9.17, 15) is 4.79 Å². The molecule has 1 aromatic rings. The third-order valence-corrected chi connectivity index (χ3v) is 5.17. The maximum absolute atomic E-state index is 11.6. The van der Waals surface area contributed by atoms with E-state index < -0.39 is 0 Å². The molecule has 0 saturated heterocycles. The number of amides is 1. The van der Waals surface area contributed by atoms with Crippen LogP contribution in [-0.4, -0.2) is 34.2 Å². The predicted molar refractivity (Wildman–Crippen MR) is 82.4 cm³/mol. The van der Waals surface area contributed by atoms with Crippen molar-refractivity contribution >= 4 is 6.09 Å². The second kappa shape index (κ2) is 6.67. The van der Waals surface area contributed by atoms with Crippen LogP contribution < -0.4 is 5.32 Å². The van der Waals surface area contributed by atoms with Gasteiger partial charge in [-0.05, 0) is 49.9 Å². The van der Waals surface area contributed by atoms with Gasteiger partial charge >= 0.3 is 6.09 Å². The molecule has 2 aliphatic rings. The number of aryl methyl sites for hydroxylation is 2. The van der Waals surface area contributed by atoms with Crippen molar-refractivity contribution in [1.82, 2.24) is 20.3 Å². The molecule has 0 bridgehead atoms. The molecule has 22 heavy (non-hydrogen) atoms. The van der Waals surface area contributed by atoms with Crippen molar-refractivity contribution in [2.24, 2.45) is 24.8 Å². The molecule has 1 fully saturated rings. The summed E-state index contributed by atoms with van der Waals surface area (Å²) in [6, 6.07) is 0. The number of nitrogens with one attached hydrogen (secondary N) is 1. The standard InChI is InChI=1S/C16H26N4O2/c1-3-4-9-17-16(21)22-10-13-11-5-7-14-15(8-6-12(11)13)20(2)19-18-14/h11-13H,3-10H2,1-2H3,(H,17,21). The summed E-state index contributed by atoms with van der Waals surface area (Å²) in [5.41, 5.74) is 2.44. The van der Waals surface area contributed by atoms with Crippen LogP contribution in [0.3, 0.4) is 0 Å². The summed E-state index contributed by atoms with van der Waals surface area (Å²) < 4.78 is 7.29. The highest BCUT2D eigenvalue weighted by atomic mass is 16.5. The smallest absolute Gasteiger partial charge is 0.407 e.